The molecule has 0 aliphatic rings. The van der Waals surface area contributed by atoms with E-state index in [1.807, 2.05) is 19.9 Å². The lowest BCUT2D eigenvalue weighted by Crippen LogP contribution is -2.45. The molecule has 0 saturated carbocycles. The van der Waals surface area contributed by atoms with Gasteiger partial charge in [0.1, 0.15) is 29.7 Å². The highest BCUT2D eigenvalue weighted by Gasteiger charge is 2.33. The van der Waals surface area contributed by atoms with Crippen molar-refractivity contribution < 1.29 is 18.4 Å². The minimum absolute atomic E-state index is 0.192. The Balaban J connectivity index is 1.76. The Hall–Kier alpha value is -4.14. The molecule has 4 rings (SSSR count). The first kappa shape index (κ1) is 25.0. The van der Waals surface area contributed by atoms with Crippen molar-refractivity contribution in [3.05, 3.63) is 90.0 Å². The van der Waals surface area contributed by atoms with E-state index in [1.54, 1.807) is 24.3 Å². The lowest BCUT2D eigenvalue weighted by atomic mass is 10.0. The van der Waals surface area contributed by atoms with Gasteiger partial charge in [-0.2, -0.15) is 0 Å². The van der Waals surface area contributed by atoms with E-state index in [2.05, 4.69) is 15.6 Å². The van der Waals surface area contributed by atoms with E-state index >= 15 is 0 Å². The normalized spacial score (nSPS) is 12.0. The molecular formula is C27H27F2N5O2. The number of benzene rings is 3. The van der Waals surface area contributed by atoms with Gasteiger partial charge in [-0.25, -0.2) is 13.5 Å². The molecule has 36 heavy (non-hydrogen) atoms. The number of hydrogen-bond acceptors (Lipinski definition) is 4. The number of rotatable bonds is 9. The molecular weight excluding hydrogens is 464 g/mol. The number of halogens is 2. The van der Waals surface area contributed by atoms with E-state index in [-0.39, 0.29) is 12.2 Å². The summed E-state index contributed by atoms with van der Waals surface area (Å²) in [6.07, 6.45) is 0.737. The molecule has 7 nitrogen and oxygen atoms in total. The van der Waals surface area contributed by atoms with Crippen LogP contribution in [-0.2, 0) is 16.1 Å². The number of carbonyl (C=O) groups excluding carboxylic acids is 2. The number of anilines is 1. The van der Waals surface area contributed by atoms with Gasteiger partial charge in [0.15, 0.2) is 0 Å². The number of aromatic nitrogens is 3. The first-order valence-electron chi connectivity index (χ1n) is 11.7. The first-order valence-corrected chi connectivity index (χ1v) is 11.7. The number of nitrogens with one attached hydrogen (secondary N) is 1. The van der Waals surface area contributed by atoms with E-state index in [0.717, 1.165) is 6.42 Å². The quantitative estimate of drug-likeness (QED) is 0.370. The number of fused-ring (bicyclic) bond motifs is 1. The average Bonchev–Trinajstić information content (AvgIpc) is 3.25. The standard InChI is InChI=1S/C27H27F2N5O2/c1-18(2)14-15-30-27(36)26(19-10-12-20(28)13-11-19)34(22-7-5-6-21(29)16-22)25(35)17-33-24-9-4-3-8-23(24)31-32-33/h3-13,16,18,26H,14-15,17H2,1-2H3,(H,30,36). The number of amides is 2. The Kier molecular flexibility index (Phi) is 7.68. The van der Waals surface area contributed by atoms with Crippen molar-refractivity contribution in [2.75, 3.05) is 11.4 Å². The van der Waals surface area contributed by atoms with Crippen LogP contribution in [0.1, 0.15) is 31.9 Å². The molecule has 4 aromatic rings. The summed E-state index contributed by atoms with van der Waals surface area (Å²) in [4.78, 5) is 28.5. The topological polar surface area (TPSA) is 80.1 Å². The molecule has 0 bridgehead atoms. The highest BCUT2D eigenvalue weighted by atomic mass is 19.1. The highest BCUT2D eigenvalue weighted by molar-refractivity contribution is 6.01. The van der Waals surface area contributed by atoms with Crippen LogP contribution >= 0.6 is 0 Å². The molecule has 9 heteroatoms. The number of carbonyl (C=O) groups is 2. The first-order chi connectivity index (χ1) is 17.3. The maximum Gasteiger partial charge on any atom is 0.249 e. The summed E-state index contributed by atoms with van der Waals surface area (Å²) in [5, 5.41) is 11.0. The lowest BCUT2D eigenvalue weighted by Gasteiger charge is -2.31. The van der Waals surface area contributed by atoms with E-state index < -0.39 is 29.5 Å². The molecule has 1 unspecified atom stereocenters. The molecule has 0 aliphatic heterocycles. The summed E-state index contributed by atoms with van der Waals surface area (Å²) in [6.45, 7) is 4.23. The molecule has 3 aromatic carbocycles. The maximum atomic E-state index is 14.3. The van der Waals surface area contributed by atoms with Crippen LogP contribution in [-0.4, -0.2) is 33.4 Å². The Morgan fingerprint density at radius 3 is 2.44 bits per heavy atom. The van der Waals surface area contributed by atoms with Crippen LogP contribution in [0.4, 0.5) is 14.5 Å². The third kappa shape index (κ3) is 5.73. The monoisotopic (exact) mass is 491 g/mol. The molecule has 1 N–H and O–H groups in total. The van der Waals surface area contributed by atoms with Gasteiger partial charge in [0, 0.05) is 12.2 Å². The van der Waals surface area contributed by atoms with E-state index in [0.29, 0.717) is 29.1 Å². The molecule has 0 fully saturated rings. The number of hydrogen-bond donors (Lipinski definition) is 1. The molecule has 186 valence electrons. The van der Waals surface area contributed by atoms with Crippen LogP contribution in [0.25, 0.3) is 11.0 Å². The van der Waals surface area contributed by atoms with Gasteiger partial charge in [-0.15, -0.1) is 5.10 Å². The largest absolute Gasteiger partial charge is 0.354 e. The summed E-state index contributed by atoms with van der Waals surface area (Å²) in [7, 11) is 0. The van der Waals surface area contributed by atoms with Gasteiger partial charge < -0.3 is 5.32 Å². The van der Waals surface area contributed by atoms with Crippen molar-refractivity contribution in [1.82, 2.24) is 20.3 Å². The smallest absolute Gasteiger partial charge is 0.249 e. The van der Waals surface area contributed by atoms with Crippen LogP contribution in [0.5, 0.6) is 0 Å². The molecule has 1 heterocycles. The Bertz CT molecular complexity index is 1350. The Morgan fingerprint density at radius 1 is 0.972 bits per heavy atom. The molecule has 0 saturated heterocycles. The minimum atomic E-state index is -1.16. The molecule has 1 aromatic heterocycles. The molecule has 2 amide bonds. The second kappa shape index (κ2) is 11.1. The fourth-order valence-corrected chi connectivity index (χ4v) is 3.94. The zero-order valence-corrected chi connectivity index (χ0v) is 20.1. The van der Waals surface area contributed by atoms with Gasteiger partial charge in [-0.1, -0.05) is 49.4 Å². The summed E-state index contributed by atoms with van der Waals surface area (Å²) in [6, 6.07) is 16.8. The van der Waals surface area contributed by atoms with Crippen LogP contribution in [0.2, 0.25) is 0 Å². The third-order valence-electron chi connectivity index (χ3n) is 5.77. The minimum Gasteiger partial charge on any atom is -0.354 e. The third-order valence-corrected chi connectivity index (χ3v) is 5.77. The van der Waals surface area contributed by atoms with Gasteiger partial charge in [-0.05, 0) is 60.4 Å². The SMILES string of the molecule is CC(C)CCNC(=O)C(c1ccc(F)cc1)N(C(=O)Cn1nnc2ccccc21)c1cccc(F)c1. The van der Waals surface area contributed by atoms with E-state index in [4.69, 9.17) is 0 Å². The van der Waals surface area contributed by atoms with Gasteiger partial charge in [0.05, 0.1) is 5.52 Å². The lowest BCUT2D eigenvalue weighted by molar-refractivity contribution is -0.127. The fraction of sp³-hybridized carbons (Fsp3) is 0.259. The van der Waals surface area contributed by atoms with Gasteiger partial charge in [0.2, 0.25) is 11.8 Å². The van der Waals surface area contributed by atoms with Crippen molar-refractivity contribution in [3.63, 3.8) is 0 Å². The molecule has 0 radical (unpaired) electrons. The van der Waals surface area contributed by atoms with Crippen molar-refractivity contribution >= 4 is 28.5 Å². The highest BCUT2D eigenvalue weighted by Crippen LogP contribution is 2.29. The second-order valence-corrected chi connectivity index (χ2v) is 8.91. The van der Waals surface area contributed by atoms with Gasteiger partial charge in [0.25, 0.3) is 0 Å². The Labute approximate surface area is 207 Å². The molecule has 0 spiro atoms. The van der Waals surface area contributed by atoms with Crippen molar-refractivity contribution in [3.8, 4) is 0 Å². The van der Waals surface area contributed by atoms with Crippen molar-refractivity contribution in [1.29, 1.82) is 0 Å². The number of nitrogens with zero attached hydrogens (tertiary/aromatic N) is 4. The van der Waals surface area contributed by atoms with Crippen LogP contribution < -0.4 is 10.2 Å². The summed E-state index contributed by atoms with van der Waals surface area (Å²) in [5.74, 6) is -1.64. The predicted octanol–water partition coefficient (Wildman–Crippen LogP) is 4.65. The summed E-state index contributed by atoms with van der Waals surface area (Å²) in [5.41, 5.74) is 1.84. The molecule has 1 atom stereocenters. The zero-order valence-electron chi connectivity index (χ0n) is 20.1. The number of para-hydroxylation sites is 1. The van der Waals surface area contributed by atoms with E-state index in [1.165, 1.54) is 52.0 Å². The van der Waals surface area contributed by atoms with Crippen molar-refractivity contribution in [2.24, 2.45) is 5.92 Å². The van der Waals surface area contributed by atoms with Crippen LogP contribution in [0.3, 0.4) is 0 Å². The summed E-state index contributed by atoms with van der Waals surface area (Å²) < 4.78 is 29.4. The zero-order chi connectivity index (χ0) is 25.7. The Morgan fingerprint density at radius 2 is 1.72 bits per heavy atom. The van der Waals surface area contributed by atoms with Gasteiger partial charge in [-0.3, -0.25) is 14.5 Å². The maximum absolute atomic E-state index is 14.3. The van der Waals surface area contributed by atoms with Crippen molar-refractivity contribution in [2.45, 2.75) is 32.9 Å². The fourth-order valence-electron chi connectivity index (χ4n) is 3.94. The summed E-state index contributed by atoms with van der Waals surface area (Å²) >= 11 is 0. The molecule has 0 aliphatic carbocycles. The van der Waals surface area contributed by atoms with Crippen LogP contribution in [0, 0.1) is 17.6 Å². The predicted molar refractivity (Wildman–Crippen MR) is 133 cm³/mol. The average molecular weight is 492 g/mol. The van der Waals surface area contributed by atoms with Crippen LogP contribution in [0.15, 0.2) is 72.8 Å². The van der Waals surface area contributed by atoms with Gasteiger partial charge >= 0.3 is 0 Å². The second-order valence-electron chi connectivity index (χ2n) is 8.91. The van der Waals surface area contributed by atoms with E-state index in [9.17, 15) is 18.4 Å².